The Balaban J connectivity index is 1.79. The molecule has 0 spiro atoms. The number of thiophene rings is 1. The number of carbonyl (C=O) groups is 1. The van der Waals surface area contributed by atoms with E-state index in [2.05, 4.69) is 4.98 Å². The lowest BCUT2D eigenvalue weighted by atomic mass is 10.1. The Kier molecular flexibility index (Phi) is 3.85. The molecule has 0 radical (unpaired) electrons. The van der Waals surface area contributed by atoms with Crippen LogP contribution in [-0.4, -0.2) is 22.5 Å². The summed E-state index contributed by atoms with van der Waals surface area (Å²) in [6.45, 7) is 1.81. The van der Waals surface area contributed by atoms with Gasteiger partial charge in [-0.25, -0.2) is 4.98 Å². The van der Waals surface area contributed by atoms with Crippen LogP contribution in [0.1, 0.15) is 15.2 Å². The second kappa shape index (κ2) is 6.07. The van der Waals surface area contributed by atoms with E-state index in [1.54, 1.807) is 19.0 Å². The van der Waals surface area contributed by atoms with Gasteiger partial charge < -0.3 is 9.47 Å². The van der Waals surface area contributed by atoms with Crippen molar-refractivity contribution in [3.63, 3.8) is 0 Å². The highest BCUT2D eigenvalue weighted by molar-refractivity contribution is 7.20. The van der Waals surface area contributed by atoms with Crippen molar-refractivity contribution in [2.45, 2.75) is 6.92 Å². The van der Waals surface area contributed by atoms with Crippen LogP contribution in [0, 0.1) is 6.92 Å². The second-order valence-corrected chi connectivity index (χ2v) is 7.29. The minimum atomic E-state index is -0.136. The highest BCUT2D eigenvalue weighted by Crippen LogP contribution is 2.30. The molecule has 0 aliphatic rings. The fraction of sp³-hybridized carbons (Fsp3) is 0.150. The van der Waals surface area contributed by atoms with Gasteiger partial charge in [0.05, 0.1) is 16.6 Å². The molecule has 5 nitrogen and oxygen atoms in total. The Labute approximate surface area is 154 Å². The minimum absolute atomic E-state index is 0.129. The smallest absolute Gasteiger partial charge is 0.268 e. The van der Waals surface area contributed by atoms with E-state index in [0.717, 1.165) is 16.5 Å². The van der Waals surface area contributed by atoms with E-state index in [-0.39, 0.29) is 11.5 Å². The van der Waals surface area contributed by atoms with Crippen LogP contribution in [-0.2, 0) is 7.05 Å². The number of carbonyl (C=O) groups excluding carboxylic acids is 1. The van der Waals surface area contributed by atoms with Crippen LogP contribution in [0.25, 0.3) is 21.0 Å². The van der Waals surface area contributed by atoms with Crippen molar-refractivity contribution in [2.75, 3.05) is 11.9 Å². The first-order valence-electron chi connectivity index (χ1n) is 8.19. The molecule has 2 heterocycles. The summed E-state index contributed by atoms with van der Waals surface area (Å²) in [6.07, 6.45) is 1.49. The van der Waals surface area contributed by atoms with Gasteiger partial charge in [0.25, 0.3) is 11.5 Å². The molecule has 0 atom stereocenters. The molecule has 1 amide bonds. The number of hydrogen-bond donors (Lipinski definition) is 0. The summed E-state index contributed by atoms with van der Waals surface area (Å²) in [4.78, 5) is 32.5. The van der Waals surface area contributed by atoms with Crippen LogP contribution in [0.3, 0.4) is 0 Å². The van der Waals surface area contributed by atoms with E-state index in [1.165, 1.54) is 22.2 Å². The number of fused-ring (bicyclic) bond motifs is 2. The standard InChI is InChI=1S/C20H17N3O2S/c1-12-16-18(21-11-22(2)19(16)24)26-17(12)20(25)23(3)15-9-8-13-6-4-5-7-14(13)10-15/h4-11H,1-3H3. The second-order valence-electron chi connectivity index (χ2n) is 6.29. The predicted octanol–water partition coefficient (Wildman–Crippen LogP) is 3.73. The van der Waals surface area contributed by atoms with Crippen LogP contribution in [0.2, 0.25) is 0 Å². The van der Waals surface area contributed by atoms with Crippen LogP contribution in [0.4, 0.5) is 5.69 Å². The summed E-state index contributed by atoms with van der Waals surface area (Å²) in [5, 5.41) is 2.73. The Morgan fingerprint density at radius 2 is 1.88 bits per heavy atom. The molecule has 0 fully saturated rings. The molecule has 0 bridgehead atoms. The molecular formula is C20H17N3O2S. The Morgan fingerprint density at radius 3 is 2.65 bits per heavy atom. The average Bonchev–Trinajstić information content (AvgIpc) is 3.00. The van der Waals surface area contributed by atoms with Crippen molar-refractivity contribution in [3.05, 3.63) is 69.6 Å². The number of anilines is 1. The number of amides is 1. The van der Waals surface area contributed by atoms with Crippen molar-refractivity contribution < 1.29 is 4.79 Å². The average molecular weight is 363 g/mol. The van der Waals surface area contributed by atoms with Gasteiger partial charge in [-0.1, -0.05) is 30.3 Å². The molecule has 0 aliphatic heterocycles. The molecule has 2 aromatic heterocycles. The van der Waals surface area contributed by atoms with Gasteiger partial charge in [0, 0.05) is 19.8 Å². The van der Waals surface area contributed by atoms with Crippen LogP contribution in [0.5, 0.6) is 0 Å². The van der Waals surface area contributed by atoms with E-state index in [4.69, 9.17) is 0 Å². The first-order valence-corrected chi connectivity index (χ1v) is 9.00. The van der Waals surface area contributed by atoms with E-state index < -0.39 is 0 Å². The summed E-state index contributed by atoms with van der Waals surface area (Å²) in [5.74, 6) is -0.136. The maximum absolute atomic E-state index is 13.1. The fourth-order valence-corrected chi connectivity index (χ4v) is 4.18. The summed E-state index contributed by atoms with van der Waals surface area (Å²) in [5.41, 5.74) is 1.37. The summed E-state index contributed by atoms with van der Waals surface area (Å²) >= 11 is 1.27. The minimum Gasteiger partial charge on any atom is -0.311 e. The lowest BCUT2D eigenvalue weighted by Crippen LogP contribution is -2.26. The Morgan fingerprint density at radius 1 is 1.15 bits per heavy atom. The summed E-state index contributed by atoms with van der Waals surface area (Å²) in [7, 11) is 3.41. The molecule has 2 aromatic carbocycles. The van der Waals surface area contributed by atoms with Crippen molar-refractivity contribution in [1.82, 2.24) is 9.55 Å². The van der Waals surface area contributed by atoms with E-state index in [9.17, 15) is 9.59 Å². The number of benzene rings is 2. The van der Waals surface area contributed by atoms with Crippen molar-refractivity contribution in [3.8, 4) is 0 Å². The van der Waals surface area contributed by atoms with Crippen molar-refractivity contribution in [1.29, 1.82) is 0 Å². The van der Waals surface area contributed by atoms with Gasteiger partial charge in [0.2, 0.25) is 0 Å². The largest absolute Gasteiger partial charge is 0.311 e. The van der Waals surface area contributed by atoms with Gasteiger partial charge in [-0.05, 0) is 35.4 Å². The summed E-state index contributed by atoms with van der Waals surface area (Å²) < 4.78 is 1.43. The molecule has 0 saturated heterocycles. The normalized spacial score (nSPS) is 11.2. The third kappa shape index (κ3) is 2.50. The van der Waals surface area contributed by atoms with Crippen molar-refractivity contribution >= 4 is 43.9 Å². The quantitative estimate of drug-likeness (QED) is 0.545. The monoisotopic (exact) mass is 363 g/mol. The van der Waals surface area contributed by atoms with E-state index >= 15 is 0 Å². The van der Waals surface area contributed by atoms with E-state index in [1.807, 2.05) is 49.4 Å². The molecule has 130 valence electrons. The van der Waals surface area contributed by atoms with Gasteiger partial charge in [-0.15, -0.1) is 11.3 Å². The van der Waals surface area contributed by atoms with Crippen molar-refractivity contribution in [2.24, 2.45) is 7.05 Å². The van der Waals surface area contributed by atoms with Crippen LogP contribution in [0.15, 0.2) is 53.6 Å². The zero-order valence-corrected chi connectivity index (χ0v) is 15.5. The van der Waals surface area contributed by atoms with Gasteiger partial charge >= 0.3 is 0 Å². The molecule has 0 unspecified atom stereocenters. The molecule has 0 aliphatic carbocycles. The molecule has 0 saturated carbocycles. The third-order valence-electron chi connectivity index (χ3n) is 4.63. The Bertz CT molecular complexity index is 1220. The number of hydrogen-bond acceptors (Lipinski definition) is 4. The van der Waals surface area contributed by atoms with Gasteiger partial charge in [-0.2, -0.15) is 0 Å². The number of aromatic nitrogens is 2. The SMILES string of the molecule is Cc1c(C(=O)N(C)c2ccc3ccccc3c2)sc2ncn(C)c(=O)c12. The summed E-state index contributed by atoms with van der Waals surface area (Å²) in [6, 6.07) is 14.0. The molecule has 0 N–H and O–H groups in total. The van der Waals surface area contributed by atoms with Gasteiger partial charge in [0.15, 0.2) is 0 Å². The number of nitrogens with zero attached hydrogens (tertiary/aromatic N) is 3. The van der Waals surface area contributed by atoms with Crippen LogP contribution >= 0.6 is 11.3 Å². The lowest BCUT2D eigenvalue weighted by Gasteiger charge is -2.17. The third-order valence-corrected chi connectivity index (χ3v) is 5.82. The Hall–Kier alpha value is -2.99. The topological polar surface area (TPSA) is 55.2 Å². The highest BCUT2D eigenvalue weighted by atomic mass is 32.1. The maximum Gasteiger partial charge on any atom is 0.268 e. The lowest BCUT2D eigenvalue weighted by molar-refractivity contribution is 0.0996. The maximum atomic E-state index is 13.1. The zero-order valence-electron chi connectivity index (χ0n) is 14.7. The van der Waals surface area contributed by atoms with E-state index in [0.29, 0.717) is 20.7 Å². The molecule has 26 heavy (non-hydrogen) atoms. The molecule has 6 heteroatoms. The first-order chi connectivity index (χ1) is 12.5. The van der Waals surface area contributed by atoms with Gasteiger partial charge in [0.1, 0.15) is 4.83 Å². The molecular weight excluding hydrogens is 346 g/mol. The van der Waals surface area contributed by atoms with Gasteiger partial charge in [-0.3, -0.25) is 9.59 Å². The predicted molar refractivity (Wildman–Crippen MR) is 106 cm³/mol. The number of aryl methyl sites for hydroxylation is 2. The highest BCUT2D eigenvalue weighted by Gasteiger charge is 2.22. The molecule has 4 aromatic rings. The molecule has 4 rings (SSSR count). The number of rotatable bonds is 2. The van der Waals surface area contributed by atoms with Crippen LogP contribution < -0.4 is 10.5 Å². The fourth-order valence-electron chi connectivity index (χ4n) is 3.07. The zero-order chi connectivity index (χ0) is 18.4. The first kappa shape index (κ1) is 16.5.